The predicted octanol–water partition coefficient (Wildman–Crippen LogP) is 2.05. The second kappa shape index (κ2) is 3.90. The van der Waals surface area contributed by atoms with Gasteiger partial charge in [0.15, 0.2) is 0 Å². The van der Waals surface area contributed by atoms with Crippen molar-refractivity contribution in [3.8, 4) is 0 Å². The van der Waals surface area contributed by atoms with E-state index in [-0.39, 0.29) is 5.97 Å². The maximum absolute atomic E-state index is 10.4. The molecule has 0 fully saturated rings. The molecule has 2 nitrogen and oxygen atoms in total. The van der Waals surface area contributed by atoms with Gasteiger partial charge in [-0.05, 0) is 22.6 Å². The molecule has 11 heavy (non-hydrogen) atoms. The summed E-state index contributed by atoms with van der Waals surface area (Å²) in [6.07, 6.45) is 6.04. The first kappa shape index (κ1) is 8.77. The molecule has 60 valence electrons. The van der Waals surface area contributed by atoms with E-state index in [2.05, 4.69) is 22.6 Å². The van der Waals surface area contributed by atoms with Gasteiger partial charge in [-0.3, -0.25) is 4.79 Å². The van der Waals surface area contributed by atoms with Crippen LogP contribution in [0.3, 0.4) is 0 Å². The Balaban J connectivity index is 2.33. The summed E-state index contributed by atoms with van der Waals surface area (Å²) in [5, 5.41) is 0. The summed E-state index contributed by atoms with van der Waals surface area (Å²) in [5.41, 5.74) is 0. The third-order valence-corrected chi connectivity index (χ3v) is 2.58. The number of hydrogen-bond donors (Lipinski definition) is 0. The molecule has 0 aromatic carbocycles. The number of esters is 1. The number of allylic oxidation sites excluding steroid dienone is 2. The van der Waals surface area contributed by atoms with Gasteiger partial charge in [0.25, 0.3) is 0 Å². The SMILES string of the molecule is CC(=O)OCC1C=CC=C1I. The van der Waals surface area contributed by atoms with Crippen LogP contribution in [0.2, 0.25) is 0 Å². The molecule has 0 spiro atoms. The second-order valence-electron chi connectivity index (χ2n) is 2.35. The van der Waals surface area contributed by atoms with Crippen LogP contribution in [-0.4, -0.2) is 12.6 Å². The number of ether oxygens (including phenoxy) is 1. The Labute approximate surface area is 79.4 Å². The molecule has 0 amide bonds. The van der Waals surface area contributed by atoms with Gasteiger partial charge in [-0.15, -0.1) is 0 Å². The standard InChI is InChI=1S/C8H9IO2/c1-6(10)11-5-7-3-2-4-8(7)9/h2-4,7H,5H2,1H3. The molecule has 3 heteroatoms. The summed E-state index contributed by atoms with van der Waals surface area (Å²) in [7, 11) is 0. The number of hydrogen-bond acceptors (Lipinski definition) is 2. The highest BCUT2D eigenvalue weighted by Crippen LogP contribution is 2.25. The number of carbonyl (C=O) groups is 1. The molecule has 1 unspecified atom stereocenters. The fourth-order valence-electron chi connectivity index (χ4n) is 0.839. The molecular formula is C8H9IO2. The smallest absolute Gasteiger partial charge is 0.302 e. The predicted molar refractivity (Wildman–Crippen MR) is 51.4 cm³/mol. The van der Waals surface area contributed by atoms with Crippen molar-refractivity contribution in [1.82, 2.24) is 0 Å². The summed E-state index contributed by atoms with van der Waals surface area (Å²) in [5.74, 6) is 0.0778. The van der Waals surface area contributed by atoms with Crippen LogP contribution in [-0.2, 0) is 9.53 Å². The van der Waals surface area contributed by atoms with Crippen LogP contribution in [0.25, 0.3) is 0 Å². The lowest BCUT2D eigenvalue weighted by Gasteiger charge is -2.07. The van der Waals surface area contributed by atoms with Crippen LogP contribution in [0.4, 0.5) is 0 Å². The van der Waals surface area contributed by atoms with Gasteiger partial charge in [0.05, 0.1) is 0 Å². The summed E-state index contributed by atoms with van der Waals surface area (Å²) in [6, 6.07) is 0. The largest absolute Gasteiger partial charge is 0.465 e. The maximum Gasteiger partial charge on any atom is 0.302 e. The Bertz CT molecular complexity index is 218. The Morgan fingerprint density at radius 3 is 3.00 bits per heavy atom. The molecular weight excluding hydrogens is 255 g/mol. The lowest BCUT2D eigenvalue weighted by Crippen LogP contribution is -2.08. The highest BCUT2D eigenvalue weighted by Gasteiger charge is 2.12. The molecule has 1 rings (SSSR count). The van der Waals surface area contributed by atoms with Gasteiger partial charge in [-0.25, -0.2) is 0 Å². The quantitative estimate of drug-likeness (QED) is 0.563. The van der Waals surface area contributed by atoms with E-state index >= 15 is 0 Å². The summed E-state index contributed by atoms with van der Waals surface area (Å²) in [4.78, 5) is 10.4. The van der Waals surface area contributed by atoms with Gasteiger partial charge in [0, 0.05) is 16.4 Å². The molecule has 0 saturated carbocycles. The normalized spacial score (nSPS) is 21.6. The van der Waals surface area contributed by atoms with Crippen LogP contribution in [0, 0.1) is 5.92 Å². The highest BCUT2D eigenvalue weighted by atomic mass is 127. The molecule has 0 aromatic heterocycles. The molecule has 0 heterocycles. The number of rotatable bonds is 2. The second-order valence-corrected chi connectivity index (χ2v) is 3.59. The Morgan fingerprint density at radius 2 is 2.55 bits per heavy atom. The van der Waals surface area contributed by atoms with Crippen LogP contribution < -0.4 is 0 Å². The van der Waals surface area contributed by atoms with E-state index in [9.17, 15) is 4.79 Å². The van der Waals surface area contributed by atoms with E-state index in [1.807, 2.05) is 18.2 Å². The van der Waals surface area contributed by atoms with Crippen molar-refractivity contribution in [3.63, 3.8) is 0 Å². The van der Waals surface area contributed by atoms with Gasteiger partial charge in [0.1, 0.15) is 6.61 Å². The van der Waals surface area contributed by atoms with E-state index in [0.717, 1.165) is 0 Å². The van der Waals surface area contributed by atoms with Crippen molar-refractivity contribution in [2.24, 2.45) is 5.92 Å². The fraction of sp³-hybridized carbons (Fsp3) is 0.375. The number of carbonyl (C=O) groups excluding carboxylic acids is 1. The monoisotopic (exact) mass is 264 g/mol. The Hall–Kier alpha value is -0.320. The van der Waals surface area contributed by atoms with Crippen molar-refractivity contribution in [2.45, 2.75) is 6.92 Å². The molecule has 1 aliphatic rings. The first-order valence-electron chi connectivity index (χ1n) is 3.37. The van der Waals surface area contributed by atoms with Crippen molar-refractivity contribution in [1.29, 1.82) is 0 Å². The van der Waals surface area contributed by atoms with Gasteiger partial charge in [-0.2, -0.15) is 0 Å². The van der Waals surface area contributed by atoms with Crippen LogP contribution in [0.1, 0.15) is 6.92 Å². The zero-order valence-electron chi connectivity index (χ0n) is 6.21. The van der Waals surface area contributed by atoms with Crippen molar-refractivity contribution < 1.29 is 9.53 Å². The summed E-state index contributed by atoms with van der Waals surface area (Å²) in [6.45, 7) is 1.90. The number of halogens is 1. The van der Waals surface area contributed by atoms with Crippen molar-refractivity contribution >= 4 is 28.6 Å². The van der Waals surface area contributed by atoms with E-state index in [1.54, 1.807) is 0 Å². The van der Waals surface area contributed by atoms with E-state index in [1.165, 1.54) is 10.5 Å². The molecule has 1 atom stereocenters. The van der Waals surface area contributed by atoms with Gasteiger partial charge >= 0.3 is 5.97 Å². The first-order chi connectivity index (χ1) is 5.20. The lowest BCUT2D eigenvalue weighted by molar-refractivity contribution is -0.141. The molecule has 0 bridgehead atoms. The highest BCUT2D eigenvalue weighted by molar-refractivity contribution is 14.1. The van der Waals surface area contributed by atoms with Crippen LogP contribution in [0.5, 0.6) is 0 Å². The van der Waals surface area contributed by atoms with E-state index in [0.29, 0.717) is 12.5 Å². The van der Waals surface area contributed by atoms with Crippen LogP contribution >= 0.6 is 22.6 Å². The molecule has 1 aliphatic carbocycles. The summed E-state index contributed by atoms with van der Waals surface area (Å²) >= 11 is 2.25. The minimum atomic E-state index is -0.213. The van der Waals surface area contributed by atoms with Gasteiger partial charge in [0.2, 0.25) is 0 Å². The maximum atomic E-state index is 10.4. The first-order valence-corrected chi connectivity index (χ1v) is 4.45. The lowest BCUT2D eigenvalue weighted by atomic mass is 10.2. The average molecular weight is 264 g/mol. The van der Waals surface area contributed by atoms with E-state index in [4.69, 9.17) is 4.74 Å². The molecule has 0 radical (unpaired) electrons. The molecule has 0 aliphatic heterocycles. The zero-order valence-corrected chi connectivity index (χ0v) is 8.37. The van der Waals surface area contributed by atoms with E-state index < -0.39 is 0 Å². The van der Waals surface area contributed by atoms with Crippen molar-refractivity contribution in [3.05, 3.63) is 21.8 Å². The Morgan fingerprint density at radius 1 is 1.82 bits per heavy atom. The van der Waals surface area contributed by atoms with Gasteiger partial charge < -0.3 is 4.74 Å². The van der Waals surface area contributed by atoms with Crippen LogP contribution in [0.15, 0.2) is 21.8 Å². The van der Waals surface area contributed by atoms with Crippen molar-refractivity contribution in [2.75, 3.05) is 6.61 Å². The third-order valence-electron chi connectivity index (χ3n) is 1.42. The third kappa shape index (κ3) is 2.65. The molecule has 0 saturated heterocycles. The van der Waals surface area contributed by atoms with Gasteiger partial charge in [-0.1, -0.05) is 18.2 Å². The topological polar surface area (TPSA) is 26.3 Å². The molecule has 0 aromatic rings. The summed E-state index contributed by atoms with van der Waals surface area (Å²) < 4.78 is 6.09. The minimum absolute atomic E-state index is 0.213. The molecule has 0 N–H and O–H groups in total. The fourth-order valence-corrected chi connectivity index (χ4v) is 1.43. The minimum Gasteiger partial charge on any atom is -0.465 e. The Kier molecular flexibility index (Phi) is 3.11. The zero-order chi connectivity index (χ0) is 8.27. The average Bonchev–Trinajstić information content (AvgIpc) is 2.31.